The molecule has 0 aromatic heterocycles. The van der Waals surface area contributed by atoms with Crippen molar-refractivity contribution in [3.8, 4) is 0 Å². The lowest BCUT2D eigenvalue weighted by Gasteiger charge is -2.37. The summed E-state index contributed by atoms with van der Waals surface area (Å²) in [6, 6.07) is 0. The van der Waals surface area contributed by atoms with Crippen molar-refractivity contribution in [3.05, 3.63) is 0 Å². The molecular weight excluding hydrogens is 190 g/mol. The number of rotatable bonds is 7. The predicted octanol–water partition coefficient (Wildman–Crippen LogP) is 1.38. The molecule has 3 heteroatoms. The van der Waals surface area contributed by atoms with Crippen LogP contribution < -0.4 is 0 Å². The van der Waals surface area contributed by atoms with Gasteiger partial charge in [-0.3, -0.25) is 0 Å². The van der Waals surface area contributed by atoms with Crippen molar-refractivity contribution < 1.29 is 10.2 Å². The summed E-state index contributed by atoms with van der Waals surface area (Å²) in [5.41, 5.74) is -0.440. The van der Waals surface area contributed by atoms with E-state index in [1.165, 1.54) is 0 Å². The molecule has 1 rings (SSSR count). The molecule has 0 aromatic carbocycles. The zero-order chi connectivity index (χ0) is 11.3. The second-order valence-corrected chi connectivity index (χ2v) is 5.03. The van der Waals surface area contributed by atoms with Crippen molar-refractivity contribution >= 4 is 0 Å². The molecule has 0 aliphatic heterocycles. The number of hydrogen-bond donors (Lipinski definition) is 2. The van der Waals surface area contributed by atoms with E-state index >= 15 is 0 Å². The molecule has 1 atom stereocenters. The van der Waals surface area contributed by atoms with E-state index in [0.717, 1.165) is 51.6 Å². The summed E-state index contributed by atoms with van der Waals surface area (Å²) in [7, 11) is 2.03. The summed E-state index contributed by atoms with van der Waals surface area (Å²) in [6.07, 6.45) is 5.30. The summed E-state index contributed by atoms with van der Waals surface area (Å²) in [6.45, 7) is 3.89. The van der Waals surface area contributed by atoms with Gasteiger partial charge in [-0.1, -0.05) is 6.92 Å². The largest absolute Gasteiger partial charge is 0.392 e. The third kappa shape index (κ3) is 4.49. The fourth-order valence-corrected chi connectivity index (χ4v) is 2.19. The first-order chi connectivity index (χ1) is 7.06. The van der Waals surface area contributed by atoms with Crippen LogP contribution in [0.2, 0.25) is 0 Å². The summed E-state index contributed by atoms with van der Waals surface area (Å²) >= 11 is 0. The van der Waals surface area contributed by atoms with Gasteiger partial charge in [0.1, 0.15) is 0 Å². The minimum Gasteiger partial charge on any atom is -0.392 e. The maximum absolute atomic E-state index is 9.87. The van der Waals surface area contributed by atoms with Crippen LogP contribution in [0, 0.1) is 0 Å². The molecule has 15 heavy (non-hydrogen) atoms. The standard InChI is InChI=1S/C12H25NO2/c1-3-9-13(2)10-11(14)5-8-12(15)6-4-7-12/h11,14-15H,3-10H2,1-2H3. The molecule has 0 amide bonds. The number of nitrogens with zero attached hydrogens (tertiary/aromatic N) is 1. The van der Waals surface area contributed by atoms with Crippen molar-refractivity contribution in [2.24, 2.45) is 0 Å². The van der Waals surface area contributed by atoms with Crippen molar-refractivity contribution in [2.75, 3.05) is 20.1 Å². The van der Waals surface area contributed by atoms with E-state index in [1.807, 2.05) is 7.05 Å². The van der Waals surface area contributed by atoms with Gasteiger partial charge < -0.3 is 15.1 Å². The van der Waals surface area contributed by atoms with Gasteiger partial charge >= 0.3 is 0 Å². The van der Waals surface area contributed by atoms with Gasteiger partial charge in [0.2, 0.25) is 0 Å². The van der Waals surface area contributed by atoms with Gasteiger partial charge in [0, 0.05) is 6.54 Å². The highest BCUT2D eigenvalue weighted by molar-refractivity contribution is 4.87. The molecule has 2 N–H and O–H groups in total. The molecule has 1 fully saturated rings. The summed E-state index contributed by atoms with van der Waals surface area (Å²) in [5.74, 6) is 0. The molecule has 1 saturated carbocycles. The molecule has 0 saturated heterocycles. The molecule has 3 nitrogen and oxygen atoms in total. The van der Waals surface area contributed by atoms with Crippen molar-refractivity contribution in [1.82, 2.24) is 4.90 Å². The van der Waals surface area contributed by atoms with Crippen molar-refractivity contribution in [3.63, 3.8) is 0 Å². The Balaban J connectivity index is 2.09. The SMILES string of the molecule is CCCN(C)CC(O)CCC1(O)CCC1. The van der Waals surface area contributed by atoms with Crippen LogP contribution in [0.4, 0.5) is 0 Å². The Labute approximate surface area is 93.1 Å². The Morgan fingerprint density at radius 1 is 1.40 bits per heavy atom. The summed E-state index contributed by atoms with van der Waals surface area (Å²) in [5, 5.41) is 19.6. The molecule has 0 radical (unpaired) electrons. The Morgan fingerprint density at radius 2 is 2.07 bits per heavy atom. The van der Waals surface area contributed by atoms with E-state index in [-0.39, 0.29) is 6.10 Å². The Hall–Kier alpha value is -0.120. The first-order valence-electron chi connectivity index (χ1n) is 6.15. The number of aliphatic hydroxyl groups excluding tert-OH is 1. The lowest BCUT2D eigenvalue weighted by molar-refractivity contribution is -0.0507. The lowest BCUT2D eigenvalue weighted by atomic mass is 9.76. The normalized spacial score (nSPS) is 21.4. The molecule has 0 spiro atoms. The van der Waals surface area contributed by atoms with E-state index in [1.54, 1.807) is 0 Å². The molecule has 0 heterocycles. The van der Waals surface area contributed by atoms with Crippen LogP contribution in [-0.4, -0.2) is 47.0 Å². The molecule has 0 aromatic rings. The molecular formula is C12H25NO2. The number of aliphatic hydroxyl groups is 2. The fraction of sp³-hybridized carbons (Fsp3) is 1.00. The van der Waals surface area contributed by atoms with Crippen LogP contribution in [0.1, 0.15) is 45.4 Å². The van der Waals surface area contributed by atoms with Crippen molar-refractivity contribution in [2.45, 2.75) is 57.2 Å². The average molecular weight is 215 g/mol. The molecule has 1 aliphatic carbocycles. The van der Waals surface area contributed by atoms with E-state index in [2.05, 4.69) is 11.8 Å². The first kappa shape index (κ1) is 12.9. The van der Waals surface area contributed by atoms with Crippen LogP contribution in [0.15, 0.2) is 0 Å². The maximum atomic E-state index is 9.87. The Bertz CT molecular complexity index is 180. The monoisotopic (exact) mass is 215 g/mol. The molecule has 1 aliphatic rings. The Kier molecular flexibility index (Phi) is 5.03. The van der Waals surface area contributed by atoms with Gasteiger partial charge in [-0.2, -0.15) is 0 Å². The minimum atomic E-state index is -0.440. The molecule has 1 unspecified atom stereocenters. The average Bonchev–Trinajstić information content (AvgIpc) is 2.12. The van der Waals surface area contributed by atoms with Crippen LogP contribution in [0.25, 0.3) is 0 Å². The van der Waals surface area contributed by atoms with E-state index in [9.17, 15) is 10.2 Å². The van der Waals surface area contributed by atoms with Gasteiger partial charge in [-0.25, -0.2) is 0 Å². The van der Waals surface area contributed by atoms with Gasteiger partial charge in [-0.05, 0) is 52.1 Å². The van der Waals surface area contributed by atoms with Crippen LogP contribution in [-0.2, 0) is 0 Å². The van der Waals surface area contributed by atoms with E-state index in [0.29, 0.717) is 0 Å². The zero-order valence-electron chi connectivity index (χ0n) is 10.1. The molecule has 90 valence electrons. The van der Waals surface area contributed by atoms with E-state index in [4.69, 9.17) is 0 Å². The first-order valence-corrected chi connectivity index (χ1v) is 6.15. The highest BCUT2D eigenvalue weighted by atomic mass is 16.3. The van der Waals surface area contributed by atoms with Gasteiger partial charge in [-0.15, -0.1) is 0 Å². The van der Waals surface area contributed by atoms with E-state index < -0.39 is 5.60 Å². The Morgan fingerprint density at radius 3 is 2.53 bits per heavy atom. The fourth-order valence-electron chi connectivity index (χ4n) is 2.19. The van der Waals surface area contributed by atoms with Crippen molar-refractivity contribution in [1.29, 1.82) is 0 Å². The van der Waals surface area contributed by atoms with Gasteiger partial charge in [0.15, 0.2) is 0 Å². The lowest BCUT2D eigenvalue weighted by Crippen LogP contribution is -2.38. The second-order valence-electron chi connectivity index (χ2n) is 5.03. The predicted molar refractivity (Wildman–Crippen MR) is 61.8 cm³/mol. The van der Waals surface area contributed by atoms with Crippen LogP contribution in [0.5, 0.6) is 0 Å². The topological polar surface area (TPSA) is 43.7 Å². The van der Waals surface area contributed by atoms with Crippen LogP contribution in [0.3, 0.4) is 0 Å². The van der Waals surface area contributed by atoms with Crippen LogP contribution >= 0.6 is 0 Å². The van der Waals surface area contributed by atoms with Gasteiger partial charge in [0.25, 0.3) is 0 Å². The number of hydrogen-bond acceptors (Lipinski definition) is 3. The maximum Gasteiger partial charge on any atom is 0.0668 e. The highest BCUT2D eigenvalue weighted by Crippen LogP contribution is 2.35. The highest BCUT2D eigenvalue weighted by Gasteiger charge is 2.34. The summed E-state index contributed by atoms with van der Waals surface area (Å²) in [4.78, 5) is 2.15. The number of likely N-dealkylation sites (N-methyl/N-ethyl adjacent to an activating group) is 1. The zero-order valence-corrected chi connectivity index (χ0v) is 10.1. The second kappa shape index (κ2) is 5.83. The third-order valence-electron chi connectivity index (χ3n) is 3.35. The quantitative estimate of drug-likeness (QED) is 0.674. The minimum absolute atomic E-state index is 0.286. The smallest absolute Gasteiger partial charge is 0.0668 e. The third-order valence-corrected chi connectivity index (χ3v) is 3.35. The van der Waals surface area contributed by atoms with Gasteiger partial charge in [0.05, 0.1) is 11.7 Å². The molecule has 0 bridgehead atoms. The summed E-state index contributed by atoms with van der Waals surface area (Å²) < 4.78 is 0.